The Kier molecular flexibility index (Phi) is 3.85. The molecule has 0 saturated carbocycles. The first kappa shape index (κ1) is 15.6. The lowest BCUT2D eigenvalue weighted by atomic mass is 10.2. The van der Waals surface area contributed by atoms with Gasteiger partial charge in [-0.1, -0.05) is 29.8 Å². The molecule has 0 unspecified atom stereocenters. The van der Waals surface area contributed by atoms with Crippen molar-refractivity contribution in [3.8, 4) is 5.75 Å². The molecule has 0 saturated heterocycles. The molecule has 120 valence electrons. The zero-order chi connectivity index (χ0) is 16.6. The standard InChI is InChI=1S/C17H17NO4S/c1-12-4-3-5-13(8-12)11-23(20,21)14-6-7-16-15(9-14)18(2)10-17(19)22-16/h3-9H,10-11H2,1-2H3. The fourth-order valence-corrected chi connectivity index (χ4v) is 3.97. The van der Waals surface area contributed by atoms with Crippen LogP contribution in [0.5, 0.6) is 5.75 Å². The highest BCUT2D eigenvalue weighted by molar-refractivity contribution is 7.90. The number of anilines is 1. The molecule has 0 N–H and O–H groups in total. The second-order valence-corrected chi connectivity index (χ2v) is 7.70. The minimum Gasteiger partial charge on any atom is -0.423 e. The van der Waals surface area contributed by atoms with E-state index in [1.54, 1.807) is 24.1 Å². The fourth-order valence-electron chi connectivity index (χ4n) is 2.61. The molecule has 6 heteroatoms. The third kappa shape index (κ3) is 3.22. The van der Waals surface area contributed by atoms with Gasteiger partial charge in [-0.05, 0) is 30.7 Å². The minimum absolute atomic E-state index is 0.0586. The number of carbonyl (C=O) groups is 1. The Balaban J connectivity index is 1.95. The van der Waals surface area contributed by atoms with Crippen LogP contribution >= 0.6 is 0 Å². The summed E-state index contributed by atoms with van der Waals surface area (Å²) in [5.41, 5.74) is 2.38. The molecule has 0 atom stereocenters. The van der Waals surface area contributed by atoms with E-state index in [4.69, 9.17) is 4.74 Å². The van der Waals surface area contributed by atoms with E-state index < -0.39 is 9.84 Å². The Morgan fingerprint density at radius 1 is 1.17 bits per heavy atom. The molecule has 1 aliphatic heterocycles. The van der Waals surface area contributed by atoms with E-state index in [1.807, 2.05) is 25.1 Å². The third-order valence-electron chi connectivity index (χ3n) is 3.73. The van der Waals surface area contributed by atoms with E-state index in [0.717, 1.165) is 11.1 Å². The first-order valence-electron chi connectivity index (χ1n) is 7.19. The van der Waals surface area contributed by atoms with Crippen LogP contribution in [-0.4, -0.2) is 28.0 Å². The van der Waals surface area contributed by atoms with Crippen molar-refractivity contribution >= 4 is 21.5 Å². The van der Waals surface area contributed by atoms with Gasteiger partial charge >= 0.3 is 5.97 Å². The van der Waals surface area contributed by atoms with Gasteiger partial charge in [0.15, 0.2) is 15.6 Å². The van der Waals surface area contributed by atoms with Crippen molar-refractivity contribution in [2.75, 3.05) is 18.5 Å². The SMILES string of the molecule is Cc1cccc(CS(=O)(=O)c2ccc3c(c2)N(C)CC(=O)O3)c1. The quantitative estimate of drug-likeness (QED) is 0.638. The third-order valence-corrected chi connectivity index (χ3v) is 5.42. The molecule has 1 heterocycles. The highest BCUT2D eigenvalue weighted by Gasteiger charge is 2.24. The lowest BCUT2D eigenvalue weighted by Crippen LogP contribution is -2.33. The molecule has 1 aliphatic rings. The molecule has 0 fully saturated rings. The fraction of sp³-hybridized carbons (Fsp3) is 0.235. The van der Waals surface area contributed by atoms with Crippen LogP contribution in [0.2, 0.25) is 0 Å². The Labute approximate surface area is 135 Å². The zero-order valence-corrected chi connectivity index (χ0v) is 13.8. The first-order chi connectivity index (χ1) is 10.8. The monoisotopic (exact) mass is 331 g/mol. The predicted octanol–water partition coefficient (Wildman–Crippen LogP) is 2.32. The van der Waals surface area contributed by atoms with E-state index in [0.29, 0.717) is 11.4 Å². The maximum atomic E-state index is 12.6. The number of aryl methyl sites for hydroxylation is 1. The molecular weight excluding hydrogens is 314 g/mol. The molecular formula is C17H17NO4S. The van der Waals surface area contributed by atoms with Crippen LogP contribution in [0.3, 0.4) is 0 Å². The summed E-state index contributed by atoms with van der Waals surface area (Å²) in [7, 11) is -1.74. The zero-order valence-electron chi connectivity index (χ0n) is 12.9. The highest BCUT2D eigenvalue weighted by atomic mass is 32.2. The van der Waals surface area contributed by atoms with Crippen LogP contribution in [0.1, 0.15) is 11.1 Å². The normalized spacial score (nSPS) is 14.3. The molecule has 0 radical (unpaired) electrons. The minimum atomic E-state index is -3.47. The van der Waals surface area contributed by atoms with Gasteiger partial charge in [-0.3, -0.25) is 0 Å². The van der Waals surface area contributed by atoms with E-state index in [1.165, 1.54) is 12.1 Å². The van der Waals surface area contributed by atoms with Crippen molar-refractivity contribution in [3.05, 3.63) is 53.6 Å². The van der Waals surface area contributed by atoms with Crippen LogP contribution in [0, 0.1) is 6.92 Å². The van der Waals surface area contributed by atoms with Crippen molar-refractivity contribution in [1.82, 2.24) is 0 Å². The van der Waals surface area contributed by atoms with E-state index >= 15 is 0 Å². The number of rotatable bonds is 3. The summed E-state index contributed by atoms with van der Waals surface area (Å²) in [4.78, 5) is 13.3. The van der Waals surface area contributed by atoms with Crippen molar-refractivity contribution in [2.24, 2.45) is 0 Å². The molecule has 0 aromatic heterocycles. The summed E-state index contributed by atoms with van der Waals surface area (Å²) < 4.78 is 30.4. The largest absolute Gasteiger partial charge is 0.423 e. The lowest BCUT2D eigenvalue weighted by Gasteiger charge is -2.26. The Hall–Kier alpha value is -2.34. The summed E-state index contributed by atoms with van der Waals surface area (Å²) in [5, 5.41) is 0. The Morgan fingerprint density at radius 2 is 1.96 bits per heavy atom. The topological polar surface area (TPSA) is 63.7 Å². The summed E-state index contributed by atoms with van der Waals surface area (Å²) >= 11 is 0. The number of esters is 1. The number of hydrogen-bond donors (Lipinski definition) is 0. The Morgan fingerprint density at radius 3 is 2.70 bits per heavy atom. The maximum Gasteiger partial charge on any atom is 0.330 e. The van der Waals surface area contributed by atoms with Crippen LogP contribution in [0.15, 0.2) is 47.4 Å². The molecule has 0 bridgehead atoms. The second kappa shape index (κ2) is 5.70. The second-order valence-electron chi connectivity index (χ2n) is 5.71. The van der Waals surface area contributed by atoms with Gasteiger partial charge in [0.05, 0.1) is 16.3 Å². The molecule has 2 aromatic rings. The van der Waals surface area contributed by atoms with E-state index in [-0.39, 0.29) is 23.2 Å². The van der Waals surface area contributed by atoms with Gasteiger partial charge in [0, 0.05) is 7.05 Å². The number of sulfone groups is 1. The van der Waals surface area contributed by atoms with Gasteiger partial charge in [0.1, 0.15) is 6.54 Å². The average molecular weight is 331 g/mol. The van der Waals surface area contributed by atoms with Crippen LogP contribution in [-0.2, 0) is 20.4 Å². The van der Waals surface area contributed by atoms with E-state index in [9.17, 15) is 13.2 Å². The molecule has 0 spiro atoms. The van der Waals surface area contributed by atoms with Crippen molar-refractivity contribution in [2.45, 2.75) is 17.6 Å². The van der Waals surface area contributed by atoms with Crippen LogP contribution in [0.25, 0.3) is 0 Å². The van der Waals surface area contributed by atoms with Crippen LogP contribution in [0.4, 0.5) is 5.69 Å². The Bertz CT molecular complexity index is 874. The lowest BCUT2D eigenvalue weighted by molar-refractivity contribution is -0.133. The summed E-state index contributed by atoms with van der Waals surface area (Å²) in [6, 6.07) is 12.0. The first-order valence-corrected chi connectivity index (χ1v) is 8.84. The number of carbonyl (C=O) groups excluding carboxylic acids is 1. The van der Waals surface area contributed by atoms with Gasteiger partial charge in [-0.25, -0.2) is 13.2 Å². The van der Waals surface area contributed by atoms with E-state index in [2.05, 4.69) is 0 Å². The van der Waals surface area contributed by atoms with Gasteiger partial charge in [0.2, 0.25) is 0 Å². The molecule has 2 aromatic carbocycles. The van der Waals surface area contributed by atoms with Crippen LogP contribution < -0.4 is 9.64 Å². The number of hydrogen-bond acceptors (Lipinski definition) is 5. The van der Waals surface area contributed by atoms with Gasteiger partial charge < -0.3 is 9.64 Å². The number of benzene rings is 2. The molecule has 0 aliphatic carbocycles. The number of likely N-dealkylation sites (N-methyl/N-ethyl adjacent to an activating group) is 1. The van der Waals surface area contributed by atoms with Crippen molar-refractivity contribution in [1.29, 1.82) is 0 Å². The summed E-state index contributed by atoms with van der Waals surface area (Å²) in [6.45, 7) is 2.03. The number of ether oxygens (including phenoxy) is 1. The van der Waals surface area contributed by atoms with Gasteiger partial charge in [-0.15, -0.1) is 0 Å². The van der Waals surface area contributed by atoms with Gasteiger partial charge in [-0.2, -0.15) is 0 Å². The molecule has 0 amide bonds. The smallest absolute Gasteiger partial charge is 0.330 e. The summed E-state index contributed by atoms with van der Waals surface area (Å²) in [6.07, 6.45) is 0. The molecule has 3 rings (SSSR count). The number of fused-ring (bicyclic) bond motifs is 1. The van der Waals surface area contributed by atoms with Gasteiger partial charge in [0.25, 0.3) is 0 Å². The highest BCUT2D eigenvalue weighted by Crippen LogP contribution is 2.34. The molecule has 5 nitrogen and oxygen atoms in total. The van der Waals surface area contributed by atoms with Crippen molar-refractivity contribution in [3.63, 3.8) is 0 Å². The number of nitrogens with zero attached hydrogens (tertiary/aromatic N) is 1. The predicted molar refractivity (Wildman–Crippen MR) is 87.4 cm³/mol. The maximum absolute atomic E-state index is 12.6. The average Bonchev–Trinajstić information content (AvgIpc) is 2.46. The molecule has 23 heavy (non-hydrogen) atoms. The van der Waals surface area contributed by atoms with Crippen molar-refractivity contribution < 1.29 is 17.9 Å². The summed E-state index contributed by atoms with van der Waals surface area (Å²) in [5.74, 6) is -0.0228.